The van der Waals surface area contributed by atoms with E-state index < -0.39 is 0 Å². The molecule has 0 aliphatic carbocycles. The molecule has 1 aromatic rings. The summed E-state index contributed by atoms with van der Waals surface area (Å²) in [6, 6.07) is 4.00. The number of ether oxygens (including phenoxy) is 4. The van der Waals surface area contributed by atoms with E-state index in [1.807, 2.05) is 12.1 Å². The van der Waals surface area contributed by atoms with Gasteiger partial charge in [0.05, 0.1) is 13.2 Å². The lowest BCUT2D eigenvalue weighted by Gasteiger charge is -2.11. The van der Waals surface area contributed by atoms with Crippen molar-refractivity contribution in [3.05, 3.63) is 17.7 Å². The van der Waals surface area contributed by atoms with Crippen molar-refractivity contribution in [3.63, 3.8) is 0 Å². The van der Waals surface area contributed by atoms with E-state index in [-0.39, 0.29) is 6.79 Å². The molecule has 0 bridgehead atoms. The number of methoxy groups -OCH3 is 1. The molecule has 20 heavy (non-hydrogen) atoms. The molecule has 3 rings (SSSR count). The number of nitrogens with one attached hydrogen (secondary N) is 1. The second-order valence-corrected chi connectivity index (χ2v) is 5.13. The Balaban J connectivity index is 1.52. The van der Waals surface area contributed by atoms with Gasteiger partial charge in [-0.3, -0.25) is 0 Å². The van der Waals surface area contributed by atoms with Crippen LogP contribution in [0.5, 0.6) is 17.2 Å². The average Bonchev–Trinajstić information content (AvgIpc) is 3.13. The van der Waals surface area contributed by atoms with Crippen LogP contribution in [-0.4, -0.2) is 33.2 Å². The Morgan fingerprint density at radius 2 is 2.30 bits per heavy atom. The zero-order valence-corrected chi connectivity index (χ0v) is 11.8. The van der Waals surface area contributed by atoms with Gasteiger partial charge < -0.3 is 24.3 Å². The molecule has 5 heteroatoms. The fourth-order valence-electron chi connectivity index (χ4n) is 2.65. The summed E-state index contributed by atoms with van der Waals surface area (Å²) in [5.41, 5.74) is 1.14. The van der Waals surface area contributed by atoms with Gasteiger partial charge in [0, 0.05) is 13.2 Å². The van der Waals surface area contributed by atoms with E-state index in [0.717, 1.165) is 43.2 Å². The van der Waals surface area contributed by atoms with E-state index in [1.165, 1.54) is 12.8 Å². The van der Waals surface area contributed by atoms with Gasteiger partial charge >= 0.3 is 0 Å². The first kappa shape index (κ1) is 13.5. The summed E-state index contributed by atoms with van der Waals surface area (Å²) in [4.78, 5) is 0. The Hall–Kier alpha value is -1.46. The lowest BCUT2D eigenvalue weighted by Crippen LogP contribution is -2.19. The standard InChI is InChI=1S/C15H21NO4/c1-17-13-7-11(8-14-15(13)20-10-19-14)9-16-5-4-12-3-2-6-18-12/h7-8,12,16H,2-6,9-10H2,1H3. The van der Waals surface area contributed by atoms with Crippen molar-refractivity contribution in [2.24, 2.45) is 0 Å². The number of benzene rings is 1. The summed E-state index contributed by atoms with van der Waals surface area (Å²) in [7, 11) is 1.64. The molecule has 1 unspecified atom stereocenters. The number of rotatable bonds is 6. The topological polar surface area (TPSA) is 49.0 Å². The highest BCUT2D eigenvalue weighted by Gasteiger charge is 2.20. The van der Waals surface area contributed by atoms with E-state index in [2.05, 4.69) is 5.32 Å². The lowest BCUT2D eigenvalue weighted by atomic mass is 10.1. The van der Waals surface area contributed by atoms with Crippen molar-refractivity contribution < 1.29 is 18.9 Å². The summed E-state index contributed by atoms with van der Waals surface area (Å²) < 4.78 is 21.7. The van der Waals surface area contributed by atoms with Crippen LogP contribution in [0.4, 0.5) is 0 Å². The highest BCUT2D eigenvalue weighted by molar-refractivity contribution is 5.55. The van der Waals surface area contributed by atoms with Crippen molar-refractivity contribution >= 4 is 0 Å². The van der Waals surface area contributed by atoms with Gasteiger partial charge in [0.1, 0.15) is 0 Å². The maximum absolute atomic E-state index is 5.61. The van der Waals surface area contributed by atoms with Crippen LogP contribution in [-0.2, 0) is 11.3 Å². The zero-order valence-electron chi connectivity index (χ0n) is 11.8. The number of hydrogen-bond acceptors (Lipinski definition) is 5. The minimum Gasteiger partial charge on any atom is -0.493 e. The molecular weight excluding hydrogens is 258 g/mol. The van der Waals surface area contributed by atoms with Crippen LogP contribution < -0.4 is 19.5 Å². The van der Waals surface area contributed by atoms with Gasteiger partial charge in [-0.2, -0.15) is 0 Å². The summed E-state index contributed by atoms with van der Waals surface area (Å²) in [5, 5.41) is 3.44. The van der Waals surface area contributed by atoms with Crippen LogP contribution in [0.25, 0.3) is 0 Å². The van der Waals surface area contributed by atoms with Gasteiger partial charge in [-0.15, -0.1) is 0 Å². The van der Waals surface area contributed by atoms with Gasteiger partial charge in [0.15, 0.2) is 11.5 Å². The Labute approximate surface area is 119 Å². The van der Waals surface area contributed by atoms with Crippen molar-refractivity contribution in [1.29, 1.82) is 0 Å². The normalized spacial score (nSPS) is 20.4. The monoisotopic (exact) mass is 279 g/mol. The SMILES string of the molecule is COc1cc(CNCCC2CCCO2)cc2c1OCO2. The third-order valence-electron chi connectivity index (χ3n) is 3.71. The van der Waals surface area contributed by atoms with Gasteiger partial charge in [-0.1, -0.05) is 0 Å². The van der Waals surface area contributed by atoms with E-state index in [9.17, 15) is 0 Å². The van der Waals surface area contributed by atoms with Crippen LogP contribution in [0.2, 0.25) is 0 Å². The van der Waals surface area contributed by atoms with Crippen molar-refractivity contribution in [1.82, 2.24) is 5.32 Å². The van der Waals surface area contributed by atoms with Gasteiger partial charge in [0.2, 0.25) is 12.5 Å². The fraction of sp³-hybridized carbons (Fsp3) is 0.600. The molecule has 1 atom stereocenters. The fourth-order valence-corrected chi connectivity index (χ4v) is 2.65. The molecule has 2 heterocycles. The molecule has 0 spiro atoms. The quantitative estimate of drug-likeness (QED) is 0.808. The van der Waals surface area contributed by atoms with Crippen molar-refractivity contribution in [3.8, 4) is 17.2 Å². The van der Waals surface area contributed by atoms with Gasteiger partial charge in [-0.25, -0.2) is 0 Å². The number of fused-ring (bicyclic) bond motifs is 1. The summed E-state index contributed by atoms with van der Waals surface area (Å²) in [6.07, 6.45) is 3.90. The van der Waals surface area contributed by atoms with Gasteiger partial charge in [0.25, 0.3) is 0 Å². The van der Waals surface area contributed by atoms with Crippen LogP contribution in [0.3, 0.4) is 0 Å². The Kier molecular flexibility index (Phi) is 4.28. The second kappa shape index (κ2) is 6.33. The molecule has 1 N–H and O–H groups in total. The van der Waals surface area contributed by atoms with E-state index in [1.54, 1.807) is 7.11 Å². The molecule has 0 saturated carbocycles. The molecule has 0 radical (unpaired) electrons. The van der Waals surface area contributed by atoms with Crippen LogP contribution in [0.15, 0.2) is 12.1 Å². The lowest BCUT2D eigenvalue weighted by molar-refractivity contribution is 0.104. The van der Waals surface area contributed by atoms with Crippen LogP contribution in [0, 0.1) is 0 Å². The number of hydrogen-bond donors (Lipinski definition) is 1. The third kappa shape index (κ3) is 2.99. The molecule has 0 amide bonds. The molecule has 0 aromatic heterocycles. The van der Waals surface area contributed by atoms with E-state index in [0.29, 0.717) is 11.9 Å². The molecule has 2 aliphatic rings. The van der Waals surface area contributed by atoms with Gasteiger partial charge in [-0.05, 0) is 43.5 Å². The molecule has 1 aromatic carbocycles. The maximum atomic E-state index is 5.61. The van der Waals surface area contributed by atoms with Crippen molar-refractivity contribution in [2.45, 2.75) is 31.9 Å². The molecule has 1 saturated heterocycles. The molecule has 5 nitrogen and oxygen atoms in total. The second-order valence-electron chi connectivity index (χ2n) is 5.13. The molecular formula is C15H21NO4. The first-order valence-corrected chi connectivity index (χ1v) is 7.15. The Morgan fingerprint density at radius 3 is 3.10 bits per heavy atom. The average molecular weight is 279 g/mol. The summed E-state index contributed by atoms with van der Waals surface area (Å²) in [6.45, 7) is 2.94. The third-order valence-corrected chi connectivity index (χ3v) is 3.71. The van der Waals surface area contributed by atoms with Crippen LogP contribution in [0.1, 0.15) is 24.8 Å². The Bertz CT molecular complexity index is 457. The maximum Gasteiger partial charge on any atom is 0.231 e. The zero-order chi connectivity index (χ0) is 13.8. The predicted octanol–water partition coefficient (Wildman–Crippen LogP) is 2.08. The first-order valence-electron chi connectivity index (χ1n) is 7.15. The summed E-state index contributed by atoms with van der Waals surface area (Å²) >= 11 is 0. The molecule has 110 valence electrons. The highest BCUT2D eigenvalue weighted by atomic mass is 16.7. The van der Waals surface area contributed by atoms with Crippen molar-refractivity contribution in [2.75, 3.05) is 27.1 Å². The molecule has 1 fully saturated rings. The van der Waals surface area contributed by atoms with E-state index >= 15 is 0 Å². The smallest absolute Gasteiger partial charge is 0.231 e. The molecule has 2 aliphatic heterocycles. The highest BCUT2D eigenvalue weighted by Crippen LogP contribution is 2.41. The van der Waals surface area contributed by atoms with E-state index in [4.69, 9.17) is 18.9 Å². The summed E-state index contributed by atoms with van der Waals surface area (Å²) in [5.74, 6) is 2.20. The first-order chi connectivity index (χ1) is 9.86. The minimum absolute atomic E-state index is 0.265. The van der Waals surface area contributed by atoms with Crippen LogP contribution >= 0.6 is 0 Å². The predicted molar refractivity (Wildman–Crippen MR) is 74.4 cm³/mol. The minimum atomic E-state index is 0.265. The largest absolute Gasteiger partial charge is 0.493 e. The Morgan fingerprint density at radius 1 is 1.35 bits per heavy atom.